The van der Waals surface area contributed by atoms with E-state index in [4.69, 9.17) is 4.74 Å². The van der Waals surface area contributed by atoms with E-state index in [1.54, 1.807) is 0 Å². The third-order valence-electron chi connectivity index (χ3n) is 4.86. The largest absolute Gasteiger partial charge is 0.493 e. The molecule has 7 heteroatoms. The second-order valence-electron chi connectivity index (χ2n) is 6.84. The van der Waals surface area contributed by atoms with Gasteiger partial charge in [-0.1, -0.05) is 60.3 Å². The monoisotopic (exact) mass is 432 g/mol. The maximum atomic E-state index is 12.6. The van der Waals surface area contributed by atoms with Crippen LogP contribution in [0, 0.1) is 0 Å². The van der Waals surface area contributed by atoms with Gasteiger partial charge in [-0.3, -0.25) is 4.79 Å². The number of para-hydroxylation sites is 1. The maximum Gasteiger partial charge on any atom is 0.234 e. The molecule has 0 atom stereocenters. The van der Waals surface area contributed by atoms with Crippen LogP contribution < -0.4 is 10.1 Å². The third-order valence-corrected chi connectivity index (χ3v) is 5.82. The minimum Gasteiger partial charge on any atom is -0.493 e. The highest BCUT2D eigenvalue weighted by Gasteiger charge is 2.17. The number of amides is 1. The summed E-state index contributed by atoms with van der Waals surface area (Å²) in [5, 5.41) is 14.6. The van der Waals surface area contributed by atoms with Gasteiger partial charge in [-0.15, -0.1) is 10.2 Å². The zero-order chi connectivity index (χ0) is 21.6. The lowest BCUT2D eigenvalue weighted by Crippen LogP contribution is -2.15. The Morgan fingerprint density at radius 1 is 1.00 bits per heavy atom. The Labute approximate surface area is 185 Å². The van der Waals surface area contributed by atoms with Crippen molar-refractivity contribution in [1.29, 1.82) is 0 Å². The van der Waals surface area contributed by atoms with E-state index in [1.165, 1.54) is 11.8 Å². The summed E-state index contributed by atoms with van der Waals surface area (Å²) in [5.41, 5.74) is 1.71. The van der Waals surface area contributed by atoms with Gasteiger partial charge in [0.1, 0.15) is 5.75 Å². The third kappa shape index (κ3) is 4.56. The quantitative estimate of drug-likeness (QED) is 0.385. The molecule has 0 saturated heterocycles. The molecule has 4 aromatic rings. The van der Waals surface area contributed by atoms with Crippen LogP contribution in [-0.4, -0.2) is 33.0 Å². The van der Waals surface area contributed by atoms with Crippen molar-refractivity contribution in [1.82, 2.24) is 14.8 Å². The summed E-state index contributed by atoms with van der Waals surface area (Å²) in [5.74, 6) is 1.68. The number of ether oxygens (including phenoxy) is 1. The van der Waals surface area contributed by atoms with Crippen LogP contribution in [0.4, 0.5) is 5.69 Å². The molecule has 0 aliphatic carbocycles. The van der Waals surface area contributed by atoms with Gasteiger partial charge in [0.15, 0.2) is 11.0 Å². The van der Waals surface area contributed by atoms with Crippen molar-refractivity contribution in [2.75, 3.05) is 17.7 Å². The van der Waals surface area contributed by atoms with Crippen LogP contribution in [0.15, 0.2) is 71.9 Å². The Bertz CT molecular complexity index is 1200. The fourth-order valence-electron chi connectivity index (χ4n) is 3.46. The number of carbonyl (C=O) groups excluding carboxylic acids is 1. The molecule has 0 fully saturated rings. The molecule has 6 nitrogen and oxygen atoms in total. The van der Waals surface area contributed by atoms with Crippen molar-refractivity contribution in [2.24, 2.45) is 0 Å². The minimum absolute atomic E-state index is 0.0803. The molecule has 31 heavy (non-hydrogen) atoms. The van der Waals surface area contributed by atoms with E-state index in [0.29, 0.717) is 18.3 Å². The van der Waals surface area contributed by atoms with Crippen molar-refractivity contribution in [3.8, 4) is 17.1 Å². The van der Waals surface area contributed by atoms with Crippen molar-refractivity contribution in [2.45, 2.75) is 25.5 Å². The first-order valence-corrected chi connectivity index (χ1v) is 11.3. The second-order valence-corrected chi connectivity index (χ2v) is 7.79. The number of anilines is 1. The van der Waals surface area contributed by atoms with Crippen LogP contribution in [0.5, 0.6) is 5.75 Å². The van der Waals surface area contributed by atoms with Gasteiger partial charge in [0, 0.05) is 17.6 Å². The predicted molar refractivity (Wildman–Crippen MR) is 126 cm³/mol. The summed E-state index contributed by atoms with van der Waals surface area (Å²) in [7, 11) is 0. The molecule has 4 rings (SSSR count). The predicted octanol–water partition coefficient (Wildman–Crippen LogP) is 5.25. The summed E-state index contributed by atoms with van der Waals surface area (Å²) in [6.07, 6.45) is 0. The first-order valence-electron chi connectivity index (χ1n) is 10.3. The number of nitrogens with zero attached hydrogens (tertiary/aromatic N) is 3. The summed E-state index contributed by atoms with van der Waals surface area (Å²) in [6.45, 7) is 5.26. The van der Waals surface area contributed by atoms with Crippen molar-refractivity contribution in [3.05, 3.63) is 66.7 Å². The lowest BCUT2D eigenvalue weighted by atomic mass is 10.1. The lowest BCUT2D eigenvalue weighted by Gasteiger charge is -2.11. The molecule has 0 aliphatic rings. The van der Waals surface area contributed by atoms with Gasteiger partial charge >= 0.3 is 0 Å². The molecular formula is C24H24N4O2S. The molecule has 0 saturated carbocycles. The smallest absolute Gasteiger partial charge is 0.234 e. The van der Waals surface area contributed by atoms with E-state index in [2.05, 4.69) is 15.5 Å². The van der Waals surface area contributed by atoms with Gasteiger partial charge < -0.3 is 14.6 Å². The van der Waals surface area contributed by atoms with Gasteiger partial charge in [0.2, 0.25) is 5.91 Å². The number of aromatic nitrogens is 3. The standard InChI is InChI=1S/C24H24N4O2S/c1-3-28-23(19-13-7-8-15-21(19)30-4-2)26-27-24(28)31-16-22(29)25-20-14-9-11-17-10-5-6-12-18(17)20/h5-15H,3-4,16H2,1-2H3,(H,25,29). The number of carbonyl (C=O) groups is 1. The molecule has 158 valence electrons. The van der Waals surface area contributed by atoms with Crippen LogP contribution in [0.1, 0.15) is 13.8 Å². The first kappa shape index (κ1) is 20.9. The van der Waals surface area contributed by atoms with E-state index < -0.39 is 0 Å². The SMILES string of the molecule is CCOc1ccccc1-c1nnc(SCC(=O)Nc2cccc3ccccc23)n1CC. The number of benzene rings is 3. The Hall–Kier alpha value is -3.32. The first-order chi connectivity index (χ1) is 15.2. The molecule has 1 aromatic heterocycles. The number of fused-ring (bicyclic) bond motifs is 1. The summed E-state index contributed by atoms with van der Waals surface area (Å²) in [6, 6.07) is 21.7. The molecule has 3 aromatic carbocycles. The van der Waals surface area contributed by atoms with Gasteiger partial charge in [0.05, 0.1) is 17.9 Å². The number of hydrogen-bond donors (Lipinski definition) is 1. The van der Waals surface area contributed by atoms with E-state index >= 15 is 0 Å². The molecule has 0 unspecified atom stereocenters. The lowest BCUT2D eigenvalue weighted by molar-refractivity contribution is -0.113. The van der Waals surface area contributed by atoms with Crippen LogP contribution in [0.3, 0.4) is 0 Å². The normalized spacial score (nSPS) is 10.9. The molecule has 0 spiro atoms. The maximum absolute atomic E-state index is 12.6. The highest BCUT2D eigenvalue weighted by Crippen LogP contribution is 2.31. The van der Waals surface area contributed by atoms with Gasteiger partial charge in [-0.25, -0.2) is 0 Å². The van der Waals surface area contributed by atoms with Gasteiger partial charge in [0.25, 0.3) is 0 Å². The highest BCUT2D eigenvalue weighted by atomic mass is 32.2. The number of nitrogens with one attached hydrogen (secondary N) is 1. The van der Waals surface area contributed by atoms with E-state index in [0.717, 1.165) is 33.6 Å². The second kappa shape index (κ2) is 9.66. The molecular weight excluding hydrogens is 408 g/mol. The Morgan fingerprint density at radius 2 is 1.77 bits per heavy atom. The average molecular weight is 433 g/mol. The number of rotatable bonds is 8. The zero-order valence-electron chi connectivity index (χ0n) is 17.5. The Morgan fingerprint density at radius 3 is 2.61 bits per heavy atom. The van der Waals surface area contributed by atoms with E-state index in [9.17, 15) is 4.79 Å². The van der Waals surface area contributed by atoms with Crippen LogP contribution >= 0.6 is 11.8 Å². The topological polar surface area (TPSA) is 69.0 Å². The van der Waals surface area contributed by atoms with Crippen LogP contribution in [-0.2, 0) is 11.3 Å². The van der Waals surface area contributed by atoms with Crippen molar-refractivity contribution in [3.63, 3.8) is 0 Å². The van der Waals surface area contributed by atoms with E-state index in [-0.39, 0.29) is 11.7 Å². The van der Waals surface area contributed by atoms with Crippen LogP contribution in [0.25, 0.3) is 22.2 Å². The fraction of sp³-hybridized carbons (Fsp3) is 0.208. The number of hydrogen-bond acceptors (Lipinski definition) is 5. The Balaban J connectivity index is 1.50. The van der Waals surface area contributed by atoms with Gasteiger partial charge in [-0.05, 0) is 37.4 Å². The van der Waals surface area contributed by atoms with Gasteiger partial charge in [-0.2, -0.15) is 0 Å². The average Bonchev–Trinajstić information content (AvgIpc) is 3.21. The molecule has 1 heterocycles. The zero-order valence-corrected chi connectivity index (χ0v) is 18.4. The van der Waals surface area contributed by atoms with E-state index in [1.807, 2.05) is 85.1 Å². The van der Waals surface area contributed by atoms with Crippen LogP contribution in [0.2, 0.25) is 0 Å². The summed E-state index contributed by atoms with van der Waals surface area (Å²) < 4.78 is 7.76. The highest BCUT2D eigenvalue weighted by molar-refractivity contribution is 7.99. The summed E-state index contributed by atoms with van der Waals surface area (Å²) >= 11 is 1.38. The molecule has 0 bridgehead atoms. The van der Waals surface area contributed by atoms with Crippen molar-refractivity contribution >= 4 is 34.1 Å². The summed E-state index contributed by atoms with van der Waals surface area (Å²) in [4.78, 5) is 12.6. The fourth-order valence-corrected chi connectivity index (χ4v) is 4.27. The molecule has 0 radical (unpaired) electrons. The number of thioether (sulfide) groups is 1. The molecule has 0 aliphatic heterocycles. The van der Waals surface area contributed by atoms with Crippen molar-refractivity contribution < 1.29 is 9.53 Å². The molecule has 1 N–H and O–H groups in total. The molecule has 1 amide bonds. The minimum atomic E-state index is -0.0803. The Kier molecular flexibility index (Phi) is 6.52.